The summed E-state index contributed by atoms with van der Waals surface area (Å²) in [6, 6.07) is 22.6. The third-order valence-electron chi connectivity index (χ3n) is 4.92. The van der Waals surface area contributed by atoms with Crippen molar-refractivity contribution in [2.24, 2.45) is 0 Å². The Morgan fingerprint density at radius 1 is 1.06 bits per heavy atom. The van der Waals surface area contributed by atoms with Crippen LogP contribution in [0.1, 0.15) is 22.7 Å². The molecule has 0 saturated carbocycles. The minimum atomic E-state index is -0.714. The Kier molecular flexibility index (Phi) is 6.08. The van der Waals surface area contributed by atoms with Gasteiger partial charge in [-0.05, 0) is 29.3 Å². The van der Waals surface area contributed by atoms with E-state index < -0.39 is 23.9 Å². The molecule has 2 amide bonds. The number of imide groups is 1. The zero-order valence-electron chi connectivity index (χ0n) is 16.6. The van der Waals surface area contributed by atoms with Crippen LogP contribution in [0.4, 0.5) is 9.18 Å². The van der Waals surface area contributed by atoms with Crippen LogP contribution in [0.2, 0.25) is 0 Å². The van der Waals surface area contributed by atoms with Crippen molar-refractivity contribution in [3.63, 3.8) is 0 Å². The van der Waals surface area contributed by atoms with E-state index in [1.807, 2.05) is 60.7 Å². The summed E-state index contributed by atoms with van der Waals surface area (Å²) in [6.07, 6.45) is 1.80. The van der Waals surface area contributed by atoms with Crippen molar-refractivity contribution in [3.8, 4) is 5.75 Å². The number of hydrogen-bond acceptors (Lipinski definition) is 4. The Bertz CT molecular complexity index is 1100. The van der Waals surface area contributed by atoms with E-state index in [1.165, 1.54) is 24.3 Å². The molecule has 3 aromatic carbocycles. The first-order valence-corrected chi connectivity index (χ1v) is 9.81. The number of rotatable bonds is 6. The molecule has 0 aromatic heterocycles. The van der Waals surface area contributed by atoms with Crippen LogP contribution in [0.15, 0.2) is 84.9 Å². The molecular formula is C25H20FNO4. The number of amides is 2. The smallest absolute Gasteiger partial charge is 0.417 e. The van der Waals surface area contributed by atoms with Crippen LogP contribution in [0.25, 0.3) is 6.08 Å². The number of ether oxygens (including phenoxy) is 2. The molecule has 31 heavy (non-hydrogen) atoms. The van der Waals surface area contributed by atoms with Gasteiger partial charge in [-0.25, -0.2) is 14.1 Å². The average molecular weight is 417 g/mol. The van der Waals surface area contributed by atoms with Gasteiger partial charge in [-0.1, -0.05) is 60.7 Å². The molecule has 1 atom stereocenters. The van der Waals surface area contributed by atoms with E-state index >= 15 is 0 Å². The van der Waals surface area contributed by atoms with Crippen LogP contribution in [0.5, 0.6) is 5.75 Å². The van der Waals surface area contributed by atoms with E-state index in [9.17, 15) is 14.0 Å². The number of hydrogen-bond donors (Lipinski definition) is 0. The highest BCUT2D eigenvalue weighted by molar-refractivity contribution is 6.02. The zero-order valence-corrected chi connectivity index (χ0v) is 16.6. The lowest BCUT2D eigenvalue weighted by atomic mass is 10.1. The van der Waals surface area contributed by atoms with Crippen LogP contribution in [0, 0.1) is 5.82 Å². The molecule has 0 bridgehead atoms. The number of cyclic esters (lactones) is 1. The molecule has 4 rings (SSSR count). The van der Waals surface area contributed by atoms with Crippen LogP contribution in [0.3, 0.4) is 0 Å². The fraction of sp³-hybridized carbons (Fsp3) is 0.120. The highest BCUT2D eigenvalue weighted by atomic mass is 19.1. The first kappa shape index (κ1) is 20.3. The molecule has 1 aliphatic heterocycles. The molecule has 1 aliphatic rings. The first-order valence-electron chi connectivity index (χ1n) is 9.81. The molecule has 0 spiro atoms. The molecule has 6 heteroatoms. The number of carbonyl (C=O) groups is 2. The van der Waals surface area contributed by atoms with E-state index in [0.717, 1.165) is 16.0 Å². The van der Waals surface area contributed by atoms with Gasteiger partial charge in [-0.15, -0.1) is 0 Å². The maximum absolute atomic E-state index is 14.5. The average Bonchev–Trinajstić information content (AvgIpc) is 3.19. The summed E-state index contributed by atoms with van der Waals surface area (Å²) >= 11 is 0. The van der Waals surface area contributed by atoms with Crippen LogP contribution >= 0.6 is 0 Å². The Balaban J connectivity index is 1.43. The third-order valence-corrected chi connectivity index (χ3v) is 4.92. The second kappa shape index (κ2) is 9.26. The van der Waals surface area contributed by atoms with E-state index in [1.54, 1.807) is 6.07 Å². The van der Waals surface area contributed by atoms with Crippen molar-refractivity contribution in [2.45, 2.75) is 12.6 Å². The molecule has 0 N–H and O–H groups in total. The summed E-state index contributed by atoms with van der Waals surface area (Å²) in [7, 11) is 0. The van der Waals surface area contributed by atoms with Crippen molar-refractivity contribution in [2.75, 3.05) is 6.61 Å². The van der Waals surface area contributed by atoms with Gasteiger partial charge >= 0.3 is 6.09 Å². The maximum atomic E-state index is 14.5. The molecule has 1 fully saturated rings. The Morgan fingerprint density at radius 3 is 2.48 bits per heavy atom. The van der Waals surface area contributed by atoms with Crippen molar-refractivity contribution in [1.82, 2.24) is 4.90 Å². The second-order valence-electron chi connectivity index (χ2n) is 7.00. The maximum Gasteiger partial charge on any atom is 0.417 e. The predicted molar refractivity (Wildman–Crippen MR) is 114 cm³/mol. The number of nitrogens with zero attached hydrogens (tertiary/aromatic N) is 1. The standard InChI is InChI=1S/C25H20FNO4/c26-22-15-21(30-16-18-7-3-1-4-8-18)13-11-19(22)12-14-24(28)27-23(17-31-25(27)29)20-9-5-2-6-10-20/h1-15,23H,16-17H2/t23-/m0/s1. The Morgan fingerprint density at radius 2 is 1.77 bits per heavy atom. The summed E-state index contributed by atoms with van der Waals surface area (Å²) in [5, 5.41) is 0. The molecular weight excluding hydrogens is 397 g/mol. The van der Waals surface area contributed by atoms with Crippen molar-refractivity contribution in [1.29, 1.82) is 0 Å². The largest absolute Gasteiger partial charge is 0.489 e. The van der Waals surface area contributed by atoms with Gasteiger partial charge in [0.1, 0.15) is 30.8 Å². The number of benzene rings is 3. The minimum Gasteiger partial charge on any atom is -0.489 e. The highest BCUT2D eigenvalue weighted by Crippen LogP contribution is 2.28. The van der Waals surface area contributed by atoms with Gasteiger partial charge in [0.25, 0.3) is 5.91 Å². The SMILES string of the molecule is O=C(C=Cc1ccc(OCc2ccccc2)cc1F)N1C(=O)OC[C@H]1c1ccccc1. The van der Waals surface area contributed by atoms with Crippen molar-refractivity contribution >= 4 is 18.1 Å². The normalized spacial score (nSPS) is 15.8. The van der Waals surface area contributed by atoms with Crippen LogP contribution < -0.4 is 4.74 Å². The van der Waals surface area contributed by atoms with Gasteiger partial charge in [0.05, 0.1) is 0 Å². The molecule has 5 nitrogen and oxygen atoms in total. The summed E-state index contributed by atoms with van der Waals surface area (Å²) in [4.78, 5) is 25.8. The number of carbonyl (C=O) groups excluding carboxylic acids is 2. The monoisotopic (exact) mass is 417 g/mol. The number of halogens is 1. The highest BCUT2D eigenvalue weighted by Gasteiger charge is 2.37. The summed E-state index contributed by atoms with van der Waals surface area (Å²) in [5.41, 5.74) is 1.98. The third kappa shape index (κ3) is 4.80. The molecule has 1 saturated heterocycles. The van der Waals surface area contributed by atoms with Gasteiger partial charge in [0, 0.05) is 17.7 Å². The van der Waals surface area contributed by atoms with Crippen LogP contribution in [-0.4, -0.2) is 23.5 Å². The fourth-order valence-corrected chi connectivity index (χ4v) is 3.30. The molecule has 0 unspecified atom stereocenters. The minimum absolute atomic E-state index is 0.0875. The fourth-order valence-electron chi connectivity index (χ4n) is 3.30. The lowest BCUT2D eigenvalue weighted by Crippen LogP contribution is -2.32. The Labute approximate surface area is 179 Å². The van der Waals surface area contributed by atoms with E-state index in [0.29, 0.717) is 12.4 Å². The molecule has 0 aliphatic carbocycles. The zero-order chi connectivity index (χ0) is 21.6. The summed E-state index contributed by atoms with van der Waals surface area (Å²) in [6.45, 7) is 0.413. The van der Waals surface area contributed by atoms with Gasteiger partial charge in [0.15, 0.2) is 0 Å². The first-order chi connectivity index (χ1) is 15.1. The van der Waals surface area contributed by atoms with E-state index in [4.69, 9.17) is 9.47 Å². The summed E-state index contributed by atoms with van der Waals surface area (Å²) < 4.78 is 25.1. The van der Waals surface area contributed by atoms with Gasteiger partial charge in [-0.3, -0.25) is 4.79 Å². The van der Waals surface area contributed by atoms with Crippen LogP contribution in [-0.2, 0) is 16.1 Å². The van der Waals surface area contributed by atoms with Gasteiger partial charge < -0.3 is 9.47 Å². The van der Waals surface area contributed by atoms with Gasteiger partial charge in [0.2, 0.25) is 0 Å². The summed E-state index contributed by atoms with van der Waals surface area (Å²) in [5.74, 6) is -0.713. The molecule has 3 aromatic rings. The lowest BCUT2D eigenvalue weighted by molar-refractivity contribution is -0.124. The lowest BCUT2D eigenvalue weighted by Gasteiger charge is -2.18. The molecule has 1 heterocycles. The predicted octanol–water partition coefficient (Wildman–Crippen LogP) is 5.14. The van der Waals surface area contributed by atoms with E-state index in [-0.39, 0.29) is 12.2 Å². The molecule has 156 valence electrons. The van der Waals surface area contributed by atoms with Crippen molar-refractivity contribution < 1.29 is 23.5 Å². The van der Waals surface area contributed by atoms with Gasteiger partial charge in [-0.2, -0.15) is 0 Å². The van der Waals surface area contributed by atoms with E-state index in [2.05, 4.69) is 0 Å². The molecule has 0 radical (unpaired) electrons. The second-order valence-corrected chi connectivity index (χ2v) is 7.00. The topological polar surface area (TPSA) is 55.8 Å². The van der Waals surface area contributed by atoms with Crippen molar-refractivity contribution in [3.05, 3.63) is 107 Å². The Hall–Kier alpha value is -3.93. The quantitative estimate of drug-likeness (QED) is 0.521.